The Kier molecular flexibility index (Phi) is 5.12. The lowest BCUT2D eigenvalue weighted by Gasteiger charge is -2.23. The SMILES string of the molecule is CC(C(=O)Nc1ccnn1CC1CCNCC1)n1cc(Br)cn1. The number of piperidine rings is 1. The first-order chi connectivity index (χ1) is 11.1. The average Bonchev–Trinajstić information content (AvgIpc) is 3.17. The van der Waals surface area contributed by atoms with Crippen molar-refractivity contribution < 1.29 is 4.79 Å². The number of aromatic nitrogens is 4. The molecule has 1 amide bonds. The number of rotatable bonds is 5. The van der Waals surface area contributed by atoms with Gasteiger partial charge >= 0.3 is 0 Å². The highest BCUT2D eigenvalue weighted by molar-refractivity contribution is 9.10. The smallest absolute Gasteiger partial charge is 0.250 e. The maximum Gasteiger partial charge on any atom is 0.250 e. The summed E-state index contributed by atoms with van der Waals surface area (Å²) >= 11 is 3.34. The molecule has 0 spiro atoms. The largest absolute Gasteiger partial charge is 0.317 e. The Morgan fingerprint density at radius 2 is 2.26 bits per heavy atom. The Balaban J connectivity index is 1.63. The van der Waals surface area contributed by atoms with E-state index in [1.54, 1.807) is 23.3 Å². The van der Waals surface area contributed by atoms with Gasteiger partial charge in [0.15, 0.2) is 0 Å². The fourth-order valence-corrected chi connectivity index (χ4v) is 3.07. The molecule has 1 saturated heterocycles. The lowest BCUT2D eigenvalue weighted by Crippen LogP contribution is -2.31. The van der Waals surface area contributed by atoms with Crippen molar-refractivity contribution in [1.82, 2.24) is 24.9 Å². The third-order valence-electron chi connectivity index (χ3n) is 4.20. The van der Waals surface area contributed by atoms with Crippen LogP contribution >= 0.6 is 15.9 Å². The van der Waals surface area contributed by atoms with Gasteiger partial charge in [-0.25, -0.2) is 4.68 Å². The van der Waals surface area contributed by atoms with E-state index < -0.39 is 0 Å². The zero-order valence-corrected chi connectivity index (χ0v) is 14.7. The number of amides is 1. The molecule has 3 rings (SSSR count). The Bertz CT molecular complexity index is 660. The van der Waals surface area contributed by atoms with Gasteiger partial charge in [-0.3, -0.25) is 9.48 Å². The highest BCUT2D eigenvalue weighted by Crippen LogP contribution is 2.18. The van der Waals surface area contributed by atoms with Crippen LogP contribution in [0, 0.1) is 5.92 Å². The molecule has 1 aliphatic rings. The van der Waals surface area contributed by atoms with Gasteiger partial charge in [0, 0.05) is 18.8 Å². The standard InChI is InChI=1S/C15H21BrN6O/c1-11(21-10-13(16)8-19-21)15(23)20-14-4-7-18-22(14)9-12-2-5-17-6-3-12/h4,7-8,10-12,17H,2-3,5-6,9H2,1H3,(H,20,23). The molecule has 0 aromatic carbocycles. The molecular weight excluding hydrogens is 360 g/mol. The molecule has 0 bridgehead atoms. The van der Waals surface area contributed by atoms with Gasteiger partial charge in [-0.05, 0) is 54.7 Å². The molecule has 8 heteroatoms. The molecule has 0 radical (unpaired) electrons. The van der Waals surface area contributed by atoms with Crippen LogP contribution in [0.5, 0.6) is 0 Å². The Labute approximate surface area is 143 Å². The van der Waals surface area contributed by atoms with E-state index in [2.05, 4.69) is 36.8 Å². The number of nitrogens with zero attached hydrogens (tertiary/aromatic N) is 4. The number of nitrogens with one attached hydrogen (secondary N) is 2. The van der Waals surface area contributed by atoms with E-state index in [1.807, 2.05) is 17.7 Å². The molecule has 0 aliphatic carbocycles. The summed E-state index contributed by atoms with van der Waals surface area (Å²) in [5, 5.41) is 14.8. The van der Waals surface area contributed by atoms with Crippen LogP contribution in [0.3, 0.4) is 0 Å². The minimum atomic E-state index is -0.386. The number of carbonyl (C=O) groups excluding carboxylic acids is 1. The van der Waals surface area contributed by atoms with Crippen molar-refractivity contribution in [2.24, 2.45) is 5.92 Å². The first kappa shape index (κ1) is 16.2. The van der Waals surface area contributed by atoms with E-state index in [9.17, 15) is 4.79 Å². The summed E-state index contributed by atoms with van der Waals surface area (Å²) in [6.45, 7) is 4.77. The molecule has 2 aromatic heterocycles. The number of halogens is 1. The van der Waals surface area contributed by atoms with Gasteiger partial charge in [-0.15, -0.1) is 0 Å². The summed E-state index contributed by atoms with van der Waals surface area (Å²) in [6.07, 6.45) is 7.48. The predicted octanol–water partition coefficient (Wildman–Crippen LogP) is 2.04. The quantitative estimate of drug-likeness (QED) is 0.831. The second-order valence-electron chi connectivity index (χ2n) is 5.90. The minimum absolute atomic E-state index is 0.104. The second kappa shape index (κ2) is 7.27. The van der Waals surface area contributed by atoms with Crippen LogP contribution in [-0.4, -0.2) is 38.6 Å². The van der Waals surface area contributed by atoms with E-state index >= 15 is 0 Å². The van der Waals surface area contributed by atoms with E-state index in [-0.39, 0.29) is 11.9 Å². The maximum atomic E-state index is 12.4. The van der Waals surface area contributed by atoms with Crippen molar-refractivity contribution in [3.05, 3.63) is 29.1 Å². The van der Waals surface area contributed by atoms with Crippen molar-refractivity contribution in [2.75, 3.05) is 18.4 Å². The first-order valence-corrected chi connectivity index (χ1v) is 8.66. The molecule has 124 valence electrons. The van der Waals surface area contributed by atoms with Crippen molar-refractivity contribution >= 4 is 27.7 Å². The van der Waals surface area contributed by atoms with Crippen molar-refractivity contribution in [1.29, 1.82) is 0 Å². The Morgan fingerprint density at radius 1 is 1.48 bits per heavy atom. The fourth-order valence-electron chi connectivity index (χ4n) is 2.77. The van der Waals surface area contributed by atoms with Crippen LogP contribution < -0.4 is 10.6 Å². The maximum absolute atomic E-state index is 12.4. The molecule has 1 aliphatic heterocycles. The van der Waals surface area contributed by atoms with Gasteiger partial charge in [0.1, 0.15) is 11.9 Å². The van der Waals surface area contributed by atoms with Crippen molar-refractivity contribution in [2.45, 2.75) is 32.4 Å². The summed E-state index contributed by atoms with van der Waals surface area (Å²) in [5.74, 6) is 1.24. The van der Waals surface area contributed by atoms with E-state index in [0.29, 0.717) is 5.92 Å². The molecule has 3 heterocycles. The van der Waals surface area contributed by atoms with Crippen LogP contribution in [0.1, 0.15) is 25.8 Å². The molecule has 1 fully saturated rings. The first-order valence-electron chi connectivity index (χ1n) is 7.86. The molecule has 2 aromatic rings. The molecule has 2 N–H and O–H groups in total. The zero-order valence-electron chi connectivity index (χ0n) is 13.1. The van der Waals surface area contributed by atoms with Crippen molar-refractivity contribution in [3.8, 4) is 0 Å². The number of carbonyl (C=O) groups is 1. The number of hydrogen-bond donors (Lipinski definition) is 2. The average molecular weight is 381 g/mol. The monoisotopic (exact) mass is 380 g/mol. The van der Waals surface area contributed by atoms with Crippen LogP contribution in [0.15, 0.2) is 29.1 Å². The zero-order chi connectivity index (χ0) is 16.2. The van der Waals surface area contributed by atoms with Crippen LogP contribution in [0.2, 0.25) is 0 Å². The second-order valence-corrected chi connectivity index (χ2v) is 6.81. The highest BCUT2D eigenvalue weighted by Gasteiger charge is 2.19. The lowest BCUT2D eigenvalue weighted by molar-refractivity contribution is -0.119. The van der Waals surface area contributed by atoms with Crippen molar-refractivity contribution in [3.63, 3.8) is 0 Å². The van der Waals surface area contributed by atoms with E-state index in [0.717, 1.165) is 42.8 Å². The summed E-state index contributed by atoms with van der Waals surface area (Å²) in [4.78, 5) is 12.4. The summed E-state index contributed by atoms with van der Waals surface area (Å²) in [5.41, 5.74) is 0. The fraction of sp³-hybridized carbons (Fsp3) is 0.533. The minimum Gasteiger partial charge on any atom is -0.317 e. The number of anilines is 1. The molecule has 1 unspecified atom stereocenters. The van der Waals surface area contributed by atoms with E-state index in [1.165, 1.54) is 0 Å². The van der Waals surface area contributed by atoms with Gasteiger partial charge in [-0.2, -0.15) is 10.2 Å². The van der Waals surface area contributed by atoms with Gasteiger partial charge < -0.3 is 10.6 Å². The van der Waals surface area contributed by atoms with Crippen LogP contribution in [-0.2, 0) is 11.3 Å². The highest BCUT2D eigenvalue weighted by atomic mass is 79.9. The summed E-state index contributed by atoms with van der Waals surface area (Å²) in [6, 6.07) is 1.45. The third kappa shape index (κ3) is 4.00. The van der Waals surface area contributed by atoms with Crippen LogP contribution in [0.25, 0.3) is 0 Å². The molecular formula is C15H21BrN6O. The Hall–Kier alpha value is -1.67. The van der Waals surface area contributed by atoms with Gasteiger partial charge in [0.2, 0.25) is 5.91 Å². The molecule has 1 atom stereocenters. The van der Waals surface area contributed by atoms with Gasteiger partial charge in [-0.1, -0.05) is 0 Å². The van der Waals surface area contributed by atoms with Gasteiger partial charge in [0.05, 0.1) is 16.9 Å². The van der Waals surface area contributed by atoms with E-state index in [4.69, 9.17) is 0 Å². The predicted molar refractivity (Wildman–Crippen MR) is 91.1 cm³/mol. The molecule has 0 saturated carbocycles. The van der Waals surface area contributed by atoms with Gasteiger partial charge in [0.25, 0.3) is 0 Å². The summed E-state index contributed by atoms with van der Waals surface area (Å²) in [7, 11) is 0. The normalized spacial score (nSPS) is 17.1. The van der Waals surface area contributed by atoms with Crippen LogP contribution in [0.4, 0.5) is 5.82 Å². The lowest BCUT2D eigenvalue weighted by atomic mass is 9.98. The molecule has 23 heavy (non-hydrogen) atoms. The third-order valence-corrected chi connectivity index (χ3v) is 4.61. The Morgan fingerprint density at radius 3 is 2.96 bits per heavy atom. The number of hydrogen-bond acceptors (Lipinski definition) is 4. The molecule has 7 nitrogen and oxygen atoms in total. The summed E-state index contributed by atoms with van der Waals surface area (Å²) < 4.78 is 4.38. The topological polar surface area (TPSA) is 76.8 Å².